The molecule has 3 saturated heterocycles. The third-order valence-electron chi connectivity index (χ3n) is 5.43. The van der Waals surface area contributed by atoms with Gasteiger partial charge in [-0.2, -0.15) is 13.2 Å². The Labute approximate surface area is 151 Å². The first-order valence-corrected chi connectivity index (χ1v) is 9.04. The van der Waals surface area contributed by atoms with Gasteiger partial charge >= 0.3 is 6.18 Å². The van der Waals surface area contributed by atoms with Crippen molar-refractivity contribution in [3.8, 4) is 0 Å². The maximum absolute atomic E-state index is 13.2. The molecule has 1 aromatic rings. The van der Waals surface area contributed by atoms with Crippen LogP contribution >= 0.6 is 0 Å². The summed E-state index contributed by atoms with van der Waals surface area (Å²) in [6.45, 7) is 3.63. The molecule has 1 aromatic carbocycles. The highest BCUT2D eigenvalue weighted by atomic mass is 19.4. The summed E-state index contributed by atoms with van der Waals surface area (Å²) >= 11 is 0. The number of nitrogens with zero attached hydrogens (tertiary/aromatic N) is 2. The highest BCUT2D eigenvalue weighted by Gasteiger charge is 2.37. The van der Waals surface area contributed by atoms with Crippen molar-refractivity contribution in [3.63, 3.8) is 0 Å². The summed E-state index contributed by atoms with van der Waals surface area (Å²) in [5, 5.41) is 0. The Kier molecular flexibility index (Phi) is 5.87. The van der Waals surface area contributed by atoms with Gasteiger partial charge in [0.2, 0.25) is 5.91 Å². The number of carbonyl (C=O) groups excluding carboxylic acids is 1. The molecule has 1 amide bonds. The lowest BCUT2D eigenvalue weighted by atomic mass is 9.95. The second-order valence-corrected chi connectivity index (χ2v) is 7.22. The standard InChI is InChI=1S/C19H25F3N2O2/c1-26-9-8-23-11-14-6-7-16(23)13-24(12-14)18(25)10-15-4-2-3-5-17(15)19(20,21)22/h2-5,14,16H,6-13H2,1H3/t14-,16-/m1/s1. The van der Waals surface area contributed by atoms with Gasteiger partial charge in [0.1, 0.15) is 0 Å². The zero-order chi connectivity index (χ0) is 18.7. The second kappa shape index (κ2) is 7.96. The van der Waals surface area contributed by atoms with Crippen LogP contribution in [0.5, 0.6) is 0 Å². The molecule has 0 spiro atoms. The smallest absolute Gasteiger partial charge is 0.383 e. The van der Waals surface area contributed by atoms with E-state index in [1.165, 1.54) is 12.1 Å². The van der Waals surface area contributed by atoms with Crippen LogP contribution in [0.2, 0.25) is 0 Å². The molecule has 0 aliphatic carbocycles. The molecule has 0 unspecified atom stereocenters. The summed E-state index contributed by atoms with van der Waals surface area (Å²) in [7, 11) is 1.67. The molecular formula is C19H25F3N2O2. The number of hydrogen-bond acceptors (Lipinski definition) is 3. The van der Waals surface area contributed by atoms with E-state index in [0.717, 1.165) is 32.0 Å². The summed E-state index contributed by atoms with van der Waals surface area (Å²) < 4.78 is 44.7. The SMILES string of the molecule is COCCN1C[C@H]2CC[C@@H]1CN(C(=O)Cc1ccccc1C(F)(F)F)C2. The number of methoxy groups -OCH3 is 1. The lowest BCUT2D eigenvalue weighted by Crippen LogP contribution is -2.45. The Morgan fingerprint density at radius 1 is 1.19 bits per heavy atom. The summed E-state index contributed by atoms with van der Waals surface area (Å²) in [4.78, 5) is 16.9. The first-order valence-electron chi connectivity index (χ1n) is 9.04. The Morgan fingerprint density at radius 2 is 1.96 bits per heavy atom. The predicted molar refractivity (Wildman–Crippen MR) is 91.7 cm³/mol. The molecule has 4 rings (SSSR count). The zero-order valence-electron chi connectivity index (χ0n) is 15.0. The Hall–Kier alpha value is -1.60. The fourth-order valence-electron chi connectivity index (χ4n) is 4.09. The van der Waals surface area contributed by atoms with Gasteiger partial charge in [-0.15, -0.1) is 0 Å². The molecule has 0 aromatic heterocycles. The van der Waals surface area contributed by atoms with Crippen LogP contribution in [-0.4, -0.2) is 61.6 Å². The Morgan fingerprint density at radius 3 is 2.69 bits per heavy atom. The number of halogens is 3. The lowest BCUT2D eigenvalue weighted by molar-refractivity contribution is -0.138. The predicted octanol–water partition coefficient (Wildman–Crippen LogP) is 2.82. The van der Waals surface area contributed by atoms with Crippen LogP contribution < -0.4 is 0 Å². The molecule has 7 heteroatoms. The number of benzene rings is 1. The van der Waals surface area contributed by atoms with Crippen molar-refractivity contribution in [1.82, 2.24) is 9.80 Å². The van der Waals surface area contributed by atoms with Gasteiger partial charge in [0.15, 0.2) is 0 Å². The highest BCUT2D eigenvalue weighted by molar-refractivity contribution is 5.79. The summed E-state index contributed by atoms with van der Waals surface area (Å²) in [6.07, 6.45) is -2.55. The van der Waals surface area contributed by atoms with E-state index < -0.39 is 11.7 Å². The van der Waals surface area contributed by atoms with E-state index in [0.29, 0.717) is 25.6 Å². The van der Waals surface area contributed by atoms with Gasteiger partial charge in [0.05, 0.1) is 18.6 Å². The van der Waals surface area contributed by atoms with Gasteiger partial charge in [-0.3, -0.25) is 9.69 Å². The third-order valence-corrected chi connectivity index (χ3v) is 5.43. The number of hydrogen-bond donors (Lipinski definition) is 0. The number of alkyl halides is 3. The average molecular weight is 370 g/mol. The first-order chi connectivity index (χ1) is 12.4. The fourth-order valence-corrected chi connectivity index (χ4v) is 4.09. The second-order valence-electron chi connectivity index (χ2n) is 7.22. The number of piperidine rings is 1. The van der Waals surface area contributed by atoms with Gasteiger partial charge in [-0.1, -0.05) is 18.2 Å². The van der Waals surface area contributed by atoms with E-state index >= 15 is 0 Å². The van der Waals surface area contributed by atoms with Crippen molar-refractivity contribution >= 4 is 5.91 Å². The van der Waals surface area contributed by atoms with Gasteiger partial charge < -0.3 is 9.64 Å². The van der Waals surface area contributed by atoms with Gasteiger partial charge in [0, 0.05) is 39.3 Å². The summed E-state index contributed by atoms with van der Waals surface area (Å²) in [5.74, 6) is 0.166. The molecule has 26 heavy (non-hydrogen) atoms. The first kappa shape index (κ1) is 19.2. The highest BCUT2D eigenvalue weighted by Crippen LogP contribution is 2.33. The van der Waals surface area contributed by atoms with Gasteiger partial charge in [-0.25, -0.2) is 0 Å². The normalized spacial score (nSPS) is 23.9. The van der Waals surface area contributed by atoms with Crippen molar-refractivity contribution in [2.45, 2.75) is 31.5 Å². The molecule has 0 radical (unpaired) electrons. The van der Waals surface area contributed by atoms with Crippen LogP contribution in [0.4, 0.5) is 13.2 Å². The minimum atomic E-state index is -4.44. The summed E-state index contributed by atoms with van der Waals surface area (Å²) in [5.41, 5.74) is -0.661. The lowest BCUT2D eigenvalue weighted by Gasteiger charge is -2.35. The van der Waals surface area contributed by atoms with E-state index in [-0.39, 0.29) is 23.9 Å². The molecule has 2 atom stereocenters. The fraction of sp³-hybridized carbons (Fsp3) is 0.632. The van der Waals surface area contributed by atoms with Gasteiger partial charge in [-0.05, 0) is 30.4 Å². The minimum absolute atomic E-state index is 0.0535. The molecule has 4 nitrogen and oxygen atoms in total. The molecular weight excluding hydrogens is 345 g/mol. The van der Waals surface area contributed by atoms with E-state index in [9.17, 15) is 18.0 Å². The molecule has 3 fully saturated rings. The Balaban J connectivity index is 1.70. The maximum Gasteiger partial charge on any atom is 0.416 e. The van der Waals surface area contributed by atoms with Crippen molar-refractivity contribution in [2.24, 2.45) is 5.92 Å². The largest absolute Gasteiger partial charge is 0.416 e. The number of ether oxygens (including phenoxy) is 1. The summed E-state index contributed by atoms with van der Waals surface area (Å²) in [6, 6.07) is 5.62. The molecule has 2 bridgehead atoms. The average Bonchev–Trinajstić information content (AvgIpc) is 2.91. The zero-order valence-corrected chi connectivity index (χ0v) is 15.0. The van der Waals surface area contributed by atoms with Crippen molar-refractivity contribution in [1.29, 1.82) is 0 Å². The van der Waals surface area contributed by atoms with E-state index in [1.54, 1.807) is 18.1 Å². The van der Waals surface area contributed by atoms with Crippen LogP contribution in [0.1, 0.15) is 24.0 Å². The monoisotopic (exact) mass is 370 g/mol. The van der Waals surface area contributed by atoms with Crippen LogP contribution in [0.3, 0.4) is 0 Å². The van der Waals surface area contributed by atoms with E-state index in [4.69, 9.17) is 4.74 Å². The van der Waals surface area contributed by atoms with Crippen LogP contribution in [0.15, 0.2) is 24.3 Å². The molecule has 3 aliphatic rings. The number of fused-ring (bicyclic) bond motifs is 4. The van der Waals surface area contributed by atoms with E-state index in [2.05, 4.69) is 4.90 Å². The molecule has 144 valence electrons. The number of amides is 1. The maximum atomic E-state index is 13.2. The molecule has 0 saturated carbocycles. The number of rotatable bonds is 5. The molecule has 3 aliphatic heterocycles. The Bertz CT molecular complexity index is 635. The van der Waals surface area contributed by atoms with Crippen LogP contribution in [0.25, 0.3) is 0 Å². The number of carbonyl (C=O) groups is 1. The topological polar surface area (TPSA) is 32.8 Å². The quantitative estimate of drug-likeness (QED) is 0.799. The molecule has 0 N–H and O–H groups in total. The van der Waals surface area contributed by atoms with Crippen LogP contribution in [0, 0.1) is 5.92 Å². The third kappa shape index (κ3) is 4.38. The van der Waals surface area contributed by atoms with Crippen molar-refractivity contribution < 1.29 is 22.7 Å². The van der Waals surface area contributed by atoms with E-state index in [1.807, 2.05) is 0 Å². The van der Waals surface area contributed by atoms with Crippen molar-refractivity contribution in [2.75, 3.05) is 39.9 Å². The van der Waals surface area contributed by atoms with Crippen molar-refractivity contribution in [3.05, 3.63) is 35.4 Å². The molecule has 3 heterocycles. The minimum Gasteiger partial charge on any atom is -0.383 e. The van der Waals surface area contributed by atoms with Gasteiger partial charge in [0.25, 0.3) is 0 Å². The van der Waals surface area contributed by atoms with Crippen LogP contribution in [-0.2, 0) is 22.1 Å².